The largest absolute Gasteiger partial charge is 0.381 e. The predicted octanol–water partition coefficient (Wildman–Crippen LogP) is 2.69. The molecule has 20 heavy (non-hydrogen) atoms. The lowest BCUT2D eigenvalue weighted by atomic mass is 10.0. The lowest BCUT2D eigenvalue weighted by Crippen LogP contribution is -2.38. The molecule has 1 aliphatic carbocycles. The highest BCUT2D eigenvalue weighted by molar-refractivity contribution is 5.55. The van der Waals surface area contributed by atoms with Gasteiger partial charge in [-0.1, -0.05) is 12.1 Å². The number of anilines is 1. The normalized spacial score (nSPS) is 20.4. The second-order valence-electron chi connectivity index (χ2n) is 5.82. The van der Waals surface area contributed by atoms with Gasteiger partial charge in [-0.05, 0) is 37.3 Å². The quantitative estimate of drug-likeness (QED) is 0.896. The number of halogens is 1. The standard InChI is InChI=1S/C16H23FN2O/c1-20-14-7-9-19(10-8-14)16-12(3-2-4-15(16)17)11-18-13-5-6-13/h2-4,13-14,18H,5-11H2,1H3. The highest BCUT2D eigenvalue weighted by Crippen LogP contribution is 2.29. The third-order valence-corrected chi connectivity index (χ3v) is 4.32. The highest BCUT2D eigenvalue weighted by Gasteiger charge is 2.24. The molecule has 1 aromatic rings. The molecule has 1 N–H and O–H groups in total. The molecule has 0 radical (unpaired) electrons. The van der Waals surface area contributed by atoms with E-state index in [2.05, 4.69) is 10.2 Å². The van der Waals surface area contributed by atoms with Gasteiger partial charge in [0, 0.05) is 32.8 Å². The maximum atomic E-state index is 14.3. The number of ether oxygens (including phenoxy) is 1. The van der Waals surface area contributed by atoms with E-state index in [0.717, 1.165) is 43.7 Å². The molecular formula is C16H23FN2O. The minimum absolute atomic E-state index is 0.101. The van der Waals surface area contributed by atoms with Gasteiger partial charge in [0.15, 0.2) is 0 Å². The second-order valence-corrected chi connectivity index (χ2v) is 5.82. The van der Waals surface area contributed by atoms with Crippen molar-refractivity contribution in [2.75, 3.05) is 25.1 Å². The first-order valence-corrected chi connectivity index (χ1v) is 7.56. The molecule has 2 fully saturated rings. The van der Waals surface area contributed by atoms with Gasteiger partial charge >= 0.3 is 0 Å². The SMILES string of the molecule is COC1CCN(c2c(F)cccc2CNC2CC2)CC1. The minimum Gasteiger partial charge on any atom is -0.381 e. The number of piperidine rings is 1. The molecule has 1 aromatic carbocycles. The smallest absolute Gasteiger partial charge is 0.146 e. The van der Waals surface area contributed by atoms with Gasteiger partial charge in [-0.25, -0.2) is 4.39 Å². The molecule has 1 heterocycles. The number of hydrogen-bond acceptors (Lipinski definition) is 3. The molecular weight excluding hydrogens is 255 g/mol. The van der Waals surface area contributed by atoms with Crippen molar-refractivity contribution in [1.82, 2.24) is 5.32 Å². The van der Waals surface area contributed by atoms with Crippen molar-refractivity contribution in [3.63, 3.8) is 0 Å². The van der Waals surface area contributed by atoms with Crippen molar-refractivity contribution in [2.24, 2.45) is 0 Å². The average molecular weight is 278 g/mol. The summed E-state index contributed by atoms with van der Waals surface area (Å²) in [5, 5.41) is 3.48. The molecule has 3 nitrogen and oxygen atoms in total. The average Bonchev–Trinajstić information content (AvgIpc) is 3.30. The zero-order valence-electron chi connectivity index (χ0n) is 12.1. The summed E-state index contributed by atoms with van der Waals surface area (Å²) in [6.07, 6.45) is 4.78. The molecule has 1 aliphatic heterocycles. The first-order chi connectivity index (χ1) is 9.78. The summed E-state index contributed by atoms with van der Waals surface area (Å²) in [4.78, 5) is 2.18. The van der Waals surface area contributed by atoms with Crippen LogP contribution in [0.4, 0.5) is 10.1 Å². The van der Waals surface area contributed by atoms with Gasteiger partial charge in [0.05, 0.1) is 11.8 Å². The maximum Gasteiger partial charge on any atom is 0.146 e. The van der Waals surface area contributed by atoms with Crippen LogP contribution in [0.2, 0.25) is 0 Å². The van der Waals surface area contributed by atoms with Gasteiger partial charge in [-0.3, -0.25) is 0 Å². The fourth-order valence-corrected chi connectivity index (χ4v) is 2.91. The lowest BCUT2D eigenvalue weighted by Gasteiger charge is -2.34. The zero-order valence-corrected chi connectivity index (χ0v) is 12.1. The Morgan fingerprint density at radius 3 is 2.65 bits per heavy atom. The van der Waals surface area contributed by atoms with Crippen LogP contribution in [0, 0.1) is 5.82 Å². The monoisotopic (exact) mass is 278 g/mol. The Balaban J connectivity index is 1.73. The van der Waals surface area contributed by atoms with Crippen LogP contribution in [0.1, 0.15) is 31.2 Å². The molecule has 3 rings (SSSR count). The number of hydrogen-bond donors (Lipinski definition) is 1. The van der Waals surface area contributed by atoms with Crippen molar-refractivity contribution in [1.29, 1.82) is 0 Å². The molecule has 0 unspecified atom stereocenters. The summed E-state index contributed by atoms with van der Waals surface area (Å²) in [5.74, 6) is -0.101. The topological polar surface area (TPSA) is 24.5 Å². The molecule has 1 saturated heterocycles. The molecule has 0 spiro atoms. The van der Waals surface area contributed by atoms with Crippen molar-refractivity contribution in [3.05, 3.63) is 29.6 Å². The fraction of sp³-hybridized carbons (Fsp3) is 0.625. The van der Waals surface area contributed by atoms with Gasteiger partial charge in [0.25, 0.3) is 0 Å². The maximum absolute atomic E-state index is 14.3. The number of para-hydroxylation sites is 1. The molecule has 0 aromatic heterocycles. The van der Waals surface area contributed by atoms with Crippen molar-refractivity contribution >= 4 is 5.69 Å². The van der Waals surface area contributed by atoms with E-state index in [9.17, 15) is 4.39 Å². The predicted molar refractivity (Wildman–Crippen MR) is 78.5 cm³/mol. The Bertz CT molecular complexity index is 454. The molecule has 110 valence electrons. The van der Waals surface area contributed by atoms with Gasteiger partial charge in [-0.15, -0.1) is 0 Å². The first-order valence-electron chi connectivity index (χ1n) is 7.56. The Labute approximate surface area is 120 Å². The second kappa shape index (κ2) is 6.10. The fourth-order valence-electron chi connectivity index (χ4n) is 2.91. The number of methoxy groups -OCH3 is 1. The third kappa shape index (κ3) is 3.13. The number of rotatable bonds is 5. The molecule has 1 saturated carbocycles. The minimum atomic E-state index is -0.101. The zero-order chi connectivity index (χ0) is 13.9. The van der Waals surface area contributed by atoms with E-state index in [1.54, 1.807) is 13.2 Å². The lowest BCUT2D eigenvalue weighted by molar-refractivity contribution is 0.0818. The molecule has 0 bridgehead atoms. The number of nitrogens with one attached hydrogen (secondary N) is 1. The van der Waals surface area contributed by atoms with E-state index in [1.165, 1.54) is 12.8 Å². The Hall–Kier alpha value is -1.13. The summed E-state index contributed by atoms with van der Waals surface area (Å²) in [5.41, 5.74) is 1.86. The van der Waals surface area contributed by atoms with E-state index in [-0.39, 0.29) is 5.82 Å². The summed E-state index contributed by atoms with van der Waals surface area (Å²) in [7, 11) is 1.76. The molecule has 0 atom stereocenters. The summed E-state index contributed by atoms with van der Waals surface area (Å²) < 4.78 is 19.6. The van der Waals surface area contributed by atoms with Crippen LogP contribution < -0.4 is 10.2 Å². The third-order valence-electron chi connectivity index (χ3n) is 4.32. The summed E-state index contributed by atoms with van der Waals surface area (Å²) in [6, 6.07) is 6.06. The van der Waals surface area contributed by atoms with Gasteiger partial charge in [-0.2, -0.15) is 0 Å². The number of benzene rings is 1. The highest BCUT2D eigenvalue weighted by atomic mass is 19.1. The van der Waals surface area contributed by atoms with E-state index < -0.39 is 0 Å². The van der Waals surface area contributed by atoms with E-state index in [0.29, 0.717) is 12.1 Å². The van der Waals surface area contributed by atoms with Crippen molar-refractivity contribution < 1.29 is 9.13 Å². The van der Waals surface area contributed by atoms with E-state index >= 15 is 0 Å². The Kier molecular flexibility index (Phi) is 4.22. The van der Waals surface area contributed by atoms with Gasteiger partial charge < -0.3 is 15.0 Å². The Morgan fingerprint density at radius 2 is 2.00 bits per heavy atom. The van der Waals surface area contributed by atoms with E-state index in [1.807, 2.05) is 12.1 Å². The Morgan fingerprint density at radius 1 is 1.25 bits per heavy atom. The van der Waals surface area contributed by atoms with Crippen molar-refractivity contribution in [3.8, 4) is 0 Å². The summed E-state index contributed by atoms with van der Waals surface area (Å²) >= 11 is 0. The van der Waals surface area contributed by atoms with Crippen LogP contribution in [0.25, 0.3) is 0 Å². The van der Waals surface area contributed by atoms with Crippen LogP contribution in [0.3, 0.4) is 0 Å². The molecule has 4 heteroatoms. The van der Waals surface area contributed by atoms with Crippen LogP contribution in [-0.4, -0.2) is 32.3 Å². The van der Waals surface area contributed by atoms with Gasteiger partial charge in [0.2, 0.25) is 0 Å². The van der Waals surface area contributed by atoms with E-state index in [4.69, 9.17) is 4.74 Å². The van der Waals surface area contributed by atoms with Gasteiger partial charge in [0.1, 0.15) is 5.82 Å². The number of nitrogens with zero attached hydrogens (tertiary/aromatic N) is 1. The van der Waals surface area contributed by atoms with Crippen LogP contribution in [0.15, 0.2) is 18.2 Å². The summed E-state index contributed by atoms with van der Waals surface area (Å²) in [6.45, 7) is 2.51. The van der Waals surface area contributed by atoms with Crippen LogP contribution >= 0.6 is 0 Å². The van der Waals surface area contributed by atoms with Crippen LogP contribution in [0.5, 0.6) is 0 Å². The first kappa shape index (κ1) is 13.8. The molecule has 2 aliphatic rings. The molecule has 0 amide bonds. The van der Waals surface area contributed by atoms with Crippen molar-refractivity contribution in [2.45, 2.75) is 44.4 Å². The van der Waals surface area contributed by atoms with Crippen LogP contribution in [-0.2, 0) is 11.3 Å².